The van der Waals surface area contributed by atoms with Gasteiger partial charge in [0.15, 0.2) is 0 Å². The third-order valence-electron chi connectivity index (χ3n) is 3.65. The van der Waals surface area contributed by atoms with Crippen LogP contribution < -0.4 is 5.73 Å². The Hall–Kier alpha value is -0.860. The molecule has 0 saturated heterocycles. The molecular weight excluding hydrogens is 208 g/mol. The first-order valence-electron chi connectivity index (χ1n) is 6.80. The molecule has 0 fully saturated rings. The van der Waals surface area contributed by atoms with Gasteiger partial charge in [-0.25, -0.2) is 0 Å². The molecule has 2 nitrogen and oxygen atoms in total. The van der Waals surface area contributed by atoms with Gasteiger partial charge in [0, 0.05) is 19.1 Å². The second-order valence-corrected chi connectivity index (χ2v) is 5.23. The van der Waals surface area contributed by atoms with Crippen molar-refractivity contribution in [1.82, 2.24) is 4.90 Å². The molecule has 0 saturated carbocycles. The Labute approximate surface area is 105 Å². The molecule has 1 heterocycles. The minimum Gasteiger partial charge on any atom is -0.328 e. The van der Waals surface area contributed by atoms with Crippen LogP contribution in [0.3, 0.4) is 0 Å². The van der Waals surface area contributed by atoms with E-state index in [1.807, 2.05) is 0 Å². The molecule has 0 aliphatic carbocycles. The Balaban J connectivity index is 1.82. The molecule has 2 heteroatoms. The van der Waals surface area contributed by atoms with Crippen LogP contribution in [0.25, 0.3) is 0 Å². The number of rotatable bonds is 4. The monoisotopic (exact) mass is 232 g/mol. The molecule has 1 aliphatic rings. The van der Waals surface area contributed by atoms with Crippen molar-refractivity contribution in [1.29, 1.82) is 0 Å². The first-order valence-corrected chi connectivity index (χ1v) is 6.80. The Morgan fingerprint density at radius 2 is 1.76 bits per heavy atom. The van der Waals surface area contributed by atoms with Crippen molar-refractivity contribution in [2.75, 3.05) is 19.6 Å². The van der Waals surface area contributed by atoms with Gasteiger partial charge in [0.2, 0.25) is 0 Å². The topological polar surface area (TPSA) is 29.3 Å². The van der Waals surface area contributed by atoms with Crippen molar-refractivity contribution in [2.45, 2.75) is 38.6 Å². The fraction of sp³-hybridized carbons (Fsp3) is 0.600. The summed E-state index contributed by atoms with van der Waals surface area (Å²) in [5.74, 6) is 0. The third-order valence-corrected chi connectivity index (χ3v) is 3.65. The number of nitrogens with two attached hydrogens (primary N) is 1. The van der Waals surface area contributed by atoms with E-state index in [9.17, 15) is 0 Å². The first kappa shape index (κ1) is 12.6. The lowest BCUT2D eigenvalue weighted by Gasteiger charge is -2.19. The smallest absolute Gasteiger partial charge is 0.00221 e. The van der Waals surface area contributed by atoms with E-state index >= 15 is 0 Å². The maximum absolute atomic E-state index is 5.79. The van der Waals surface area contributed by atoms with Crippen molar-refractivity contribution in [2.24, 2.45) is 5.73 Å². The second kappa shape index (κ2) is 6.18. The summed E-state index contributed by atoms with van der Waals surface area (Å²) >= 11 is 0. The summed E-state index contributed by atoms with van der Waals surface area (Å²) in [5, 5.41) is 0. The van der Waals surface area contributed by atoms with Crippen LogP contribution in [0.1, 0.15) is 30.9 Å². The maximum atomic E-state index is 5.79. The van der Waals surface area contributed by atoms with Crippen molar-refractivity contribution < 1.29 is 0 Å². The van der Waals surface area contributed by atoms with Crippen LogP contribution in [0.2, 0.25) is 0 Å². The van der Waals surface area contributed by atoms with Crippen LogP contribution in [0.15, 0.2) is 24.3 Å². The van der Waals surface area contributed by atoms with Gasteiger partial charge in [-0.15, -0.1) is 0 Å². The van der Waals surface area contributed by atoms with Crippen LogP contribution in [0.4, 0.5) is 0 Å². The number of hydrogen-bond donors (Lipinski definition) is 1. The summed E-state index contributed by atoms with van der Waals surface area (Å²) < 4.78 is 0. The number of benzene rings is 1. The predicted molar refractivity (Wildman–Crippen MR) is 73.2 cm³/mol. The van der Waals surface area contributed by atoms with E-state index in [-0.39, 0.29) is 0 Å². The number of hydrogen-bond acceptors (Lipinski definition) is 2. The molecule has 94 valence electrons. The zero-order valence-corrected chi connectivity index (χ0v) is 10.9. The maximum Gasteiger partial charge on any atom is 0.00221 e. The van der Waals surface area contributed by atoms with E-state index in [1.54, 1.807) is 11.1 Å². The summed E-state index contributed by atoms with van der Waals surface area (Å²) in [7, 11) is 0. The van der Waals surface area contributed by atoms with Crippen LogP contribution >= 0.6 is 0 Å². The molecule has 1 unspecified atom stereocenters. The van der Waals surface area contributed by atoms with Gasteiger partial charge in [0.25, 0.3) is 0 Å². The molecule has 0 bridgehead atoms. The van der Waals surface area contributed by atoms with Crippen LogP contribution in [0.5, 0.6) is 0 Å². The molecule has 1 aromatic carbocycles. The van der Waals surface area contributed by atoms with Gasteiger partial charge >= 0.3 is 0 Å². The molecule has 0 spiro atoms. The van der Waals surface area contributed by atoms with Crippen LogP contribution in [0, 0.1) is 0 Å². The average molecular weight is 232 g/mol. The van der Waals surface area contributed by atoms with Gasteiger partial charge in [-0.05, 0) is 50.3 Å². The predicted octanol–water partition coefficient (Wildman–Crippen LogP) is 2.21. The molecular formula is C15H24N2. The number of fused-ring (bicyclic) bond motifs is 1. The van der Waals surface area contributed by atoms with Crippen molar-refractivity contribution in [3.05, 3.63) is 35.4 Å². The molecule has 0 radical (unpaired) electrons. The van der Waals surface area contributed by atoms with Crippen molar-refractivity contribution in [3.8, 4) is 0 Å². The van der Waals surface area contributed by atoms with E-state index < -0.39 is 0 Å². The van der Waals surface area contributed by atoms with Gasteiger partial charge in [0.05, 0.1) is 0 Å². The minimum atomic E-state index is 0.346. The van der Waals surface area contributed by atoms with E-state index in [0.29, 0.717) is 6.04 Å². The molecule has 2 rings (SSSR count). The molecule has 1 atom stereocenters. The Kier molecular flexibility index (Phi) is 4.57. The Bertz CT molecular complexity index is 320. The summed E-state index contributed by atoms with van der Waals surface area (Å²) in [5.41, 5.74) is 8.88. The Morgan fingerprint density at radius 3 is 2.29 bits per heavy atom. The molecule has 0 aromatic heterocycles. The zero-order valence-electron chi connectivity index (χ0n) is 10.9. The highest BCUT2D eigenvalue weighted by Gasteiger charge is 2.12. The summed E-state index contributed by atoms with van der Waals surface area (Å²) in [6.45, 7) is 5.71. The van der Waals surface area contributed by atoms with Crippen LogP contribution in [-0.2, 0) is 12.8 Å². The van der Waals surface area contributed by atoms with E-state index in [1.165, 1.54) is 38.9 Å². The van der Waals surface area contributed by atoms with E-state index in [0.717, 1.165) is 6.42 Å². The molecule has 17 heavy (non-hydrogen) atoms. The van der Waals surface area contributed by atoms with Gasteiger partial charge in [-0.2, -0.15) is 0 Å². The first-order chi connectivity index (χ1) is 8.25. The highest BCUT2D eigenvalue weighted by atomic mass is 15.1. The second-order valence-electron chi connectivity index (χ2n) is 5.23. The average Bonchev–Trinajstić information content (AvgIpc) is 2.52. The van der Waals surface area contributed by atoms with Gasteiger partial charge < -0.3 is 10.6 Å². The fourth-order valence-electron chi connectivity index (χ4n) is 2.57. The summed E-state index contributed by atoms with van der Waals surface area (Å²) in [6, 6.07) is 9.22. The van der Waals surface area contributed by atoms with Crippen LogP contribution in [-0.4, -0.2) is 30.6 Å². The molecule has 2 N–H and O–H groups in total. The van der Waals surface area contributed by atoms with Gasteiger partial charge in [-0.1, -0.05) is 24.3 Å². The molecule has 0 amide bonds. The lowest BCUT2D eigenvalue weighted by atomic mass is 10.0. The lowest BCUT2D eigenvalue weighted by molar-refractivity contribution is 0.279. The fourth-order valence-corrected chi connectivity index (χ4v) is 2.57. The third kappa shape index (κ3) is 3.83. The largest absolute Gasteiger partial charge is 0.328 e. The Morgan fingerprint density at radius 1 is 1.18 bits per heavy atom. The highest BCUT2D eigenvalue weighted by Crippen LogP contribution is 2.15. The van der Waals surface area contributed by atoms with Crippen molar-refractivity contribution in [3.63, 3.8) is 0 Å². The summed E-state index contributed by atoms with van der Waals surface area (Å²) in [6.07, 6.45) is 4.78. The molecule has 1 aliphatic heterocycles. The standard InChI is InChI=1S/C15H24N2/c1-13(16)5-4-10-17-11-8-14-6-2-3-7-15(14)9-12-17/h2-3,6-7,13H,4-5,8-12,16H2,1H3. The molecule has 1 aromatic rings. The lowest BCUT2D eigenvalue weighted by Crippen LogP contribution is -2.28. The summed E-state index contributed by atoms with van der Waals surface area (Å²) in [4.78, 5) is 2.59. The van der Waals surface area contributed by atoms with Gasteiger partial charge in [-0.3, -0.25) is 0 Å². The van der Waals surface area contributed by atoms with E-state index in [4.69, 9.17) is 5.73 Å². The van der Waals surface area contributed by atoms with Crippen molar-refractivity contribution >= 4 is 0 Å². The van der Waals surface area contributed by atoms with E-state index in [2.05, 4.69) is 36.1 Å². The highest BCUT2D eigenvalue weighted by molar-refractivity contribution is 5.28. The SMILES string of the molecule is CC(N)CCCN1CCc2ccccc2CC1. The number of nitrogens with zero attached hydrogens (tertiary/aromatic N) is 1. The minimum absolute atomic E-state index is 0.346. The quantitative estimate of drug-likeness (QED) is 0.862. The zero-order chi connectivity index (χ0) is 12.1. The van der Waals surface area contributed by atoms with Gasteiger partial charge in [0.1, 0.15) is 0 Å². The normalized spacial score (nSPS) is 18.5.